The first-order valence-electron chi connectivity index (χ1n) is 9.11. The molecule has 0 spiro atoms. The molecular formula is C22H16ClN3O3S. The number of carbonyl (C=O) groups excluding carboxylic acids is 1. The number of carbonyl (C=O) groups is 1. The van der Waals surface area contributed by atoms with Crippen LogP contribution in [0.5, 0.6) is 0 Å². The maximum atomic E-state index is 13.0. The summed E-state index contributed by atoms with van der Waals surface area (Å²) in [5.74, 6) is -0.327. The van der Waals surface area contributed by atoms with Crippen molar-refractivity contribution in [3.63, 3.8) is 0 Å². The topological polar surface area (TPSA) is 90.3 Å². The van der Waals surface area contributed by atoms with Crippen LogP contribution < -0.4 is 9.62 Å². The Balaban J connectivity index is 1.58. The van der Waals surface area contributed by atoms with Crippen molar-refractivity contribution in [1.29, 1.82) is 5.26 Å². The summed E-state index contributed by atoms with van der Waals surface area (Å²) in [5, 5.41) is 12.2. The second-order valence-corrected chi connectivity index (χ2v) is 9.07. The van der Waals surface area contributed by atoms with Crippen LogP contribution in [0.25, 0.3) is 0 Å². The Hall–Kier alpha value is -3.34. The molecule has 0 saturated carbocycles. The number of sulfonamides is 1. The van der Waals surface area contributed by atoms with Crippen LogP contribution in [-0.4, -0.2) is 20.9 Å². The molecule has 0 aromatic heterocycles. The third-order valence-electron chi connectivity index (χ3n) is 4.85. The van der Waals surface area contributed by atoms with Gasteiger partial charge in [0.2, 0.25) is 0 Å². The molecule has 6 nitrogen and oxygen atoms in total. The van der Waals surface area contributed by atoms with Crippen LogP contribution in [0.1, 0.15) is 21.5 Å². The number of hydrogen-bond donors (Lipinski definition) is 1. The molecule has 8 heteroatoms. The molecule has 1 heterocycles. The Morgan fingerprint density at radius 3 is 2.57 bits per heavy atom. The van der Waals surface area contributed by atoms with Gasteiger partial charge in [-0.1, -0.05) is 17.7 Å². The molecule has 1 aliphatic heterocycles. The molecule has 0 atom stereocenters. The van der Waals surface area contributed by atoms with Crippen LogP contribution >= 0.6 is 11.6 Å². The van der Waals surface area contributed by atoms with Gasteiger partial charge in [-0.15, -0.1) is 0 Å². The molecule has 1 N–H and O–H groups in total. The lowest BCUT2D eigenvalue weighted by atomic mass is 10.1. The lowest BCUT2D eigenvalue weighted by Crippen LogP contribution is -2.29. The first kappa shape index (κ1) is 20.0. The number of anilines is 2. The third-order valence-corrected chi connectivity index (χ3v) is 6.93. The largest absolute Gasteiger partial charge is 0.322 e. The maximum absolute atomic E-state index is 13.0. The maximum Gasteiger partial charge on any atom is 0.264 e. The highest BCUT2D eigenvalue weighted by Crippen LogP contribution is 2.34. The van der Waals surface area contributed by atoms with Gasteiger partial charge in [0.25, 0.3) is 15.9 Å². The number of nitriles is 1. The molecule has 30 heavy (non-hydrogen) atoms. The summed E-state index contributed by atoms with van der Waals surface area (Å²) in [5.41, 5.74) is 2.73. The smallest absolute Gasteiger partial charge is 0.264 e. The highest BCUT2D eigenvalue weighted by molar-refractivity contribution is 7.92. The van der Waals surface area contributed by atoms with Gasteiger partial charge in [-0.05, 0) is 72.6 Å². The predicted octanol–water partition coefficient (Wildman–Crippen LogP) is 4.22. The Morgan fingerprint density at radius 1 is 1.07 bits per heavy atom. The first-order chi connectivity index (χ1) is 14.4. The van der Waals surface area contributed by atoms with Crippen molar-refractivity contribution in [2.24, 2.45) is 0 Å². The van der Waals surface area contributed by atoms with E-state index in [1.54, 1.807) is 54.6 Å². The van der Waals surface area contributed by atoms with Gasteiger partial charge in [0, 0.05) is 22.8 Å². The summed E-state index contributed by atoms with van der Waals surface area (Å²) in [6.07, 6.45) is 0.507. The van der Waals surface area contributed by atoms with Crippen molar-refractivity contribution in [2.75, 3.05) is 16.2 Å². The molecule has 0 saturated heterocycles. The van der Waals surface area contributed by atoms with Crippen LogP contribution in [0.2, 0.25) is 5.02 Å². The number of hydrogen-bond acceptors (Lipinski definition) is 4. The van der Waals surface area contributed by atoms with Crippen LogP contribution in [-0.2, 0) is 16.4 Å². The highest BCUT2D eigenvalue weighted by atomic mass is 35.5. The van der Waals surface area contributed by atoms with Gasteiger partial charge in [0.1, 0.15) is 0 Å². The molecule has 1 aliphatic rings. The third kappa shape index (κ3) is 3.75. The quantitative estimate of drug-likeness (QED) is 0.661. The van der Waals surface area contributed by atoms with E-state index in [2.05, 4.69) is 5.32 Å². The van der Waals surface area contributed by atoms with Gasteiger partial charge >= 0.3 is 0 Å². The number of halogens is 1. The van der Waals surface area contributed by atoms with Gasteiger partial charge < -0.3 is 5.32 Å². The Bertz CT molecular complexity index is 1280. The van der Waals surface area contributed by atoms with E-state index >= 15 is 0 Å². The van der Waals surface area contributed by atoms with Crippen molar-refractivity contribution in [2.45, 2.75) is 11.3 Å². The predicted molar refractivity (Wildman–Crippen MR) is 115 cm³/mol. The van der Waals surface area contributed by atoms with E-state index in [4.69, 9.17) is 16.9 Å². The molecular weight excluding hydrogens is 422 g/mol. The van der Waals surface area contributed by atoms with Crippen molar-refractivity contribution in [3.8, 4) is 6.07 Å². The minimum absolute atomic E-state index is 0.166. The fourth-order valence-electron chi connectivity index (χ4n) is 3.37. The standard InChI is InChI=1S/C22H16ClN3O3S/c23-18-5-7-20(8-6-18)30(28,29)26-11-10-16-13-17(4-9-21(16)26)22(27)25-19-3-1-2-15(12-19)14-24/h1-9,12-13H,10-11H2,(H,25,27). The van der Waals surface area contributed by atoms with Crippen LogP contribution in [0.15, 0.2) is 71.6 Å². The average Bonchev–Trinajstić information content (AvgIpc) is 3.18. The zero-order valence-electron chi connectivity index (χ0n) is 15.7. The Morgan fingerprint density at radius 2 is 1.83 bits per heavy atom. The van der Waals surface area contributed by atoms with Crippen LogP contribution in [0, 0.1) is 11.3 Å². The average molecular weight is 438 g/mol. The molecule has 0 unspecified atom stereocenters. The molecule has 3 aromatic rings. The summed E-state index contributed by atoms with van der Waals surface area (Å²) in [6, 6.07) is 19.7. The number of rotatable bonds is 4. The summed E-state index contributed by atoms with van der Waals surface area (Å²) < 4.78 is 27.4. The molecule has 1 amide bonds. The molecule has 4 rings (SSSR count). The summed E-state index contributed by atoms with van der Waals surface area (Å²) in [4.78, 5) is 12.8. The molecule has 0 bridgehead atoms. The van der Waals surface area contributed by atoms with E-state index in [0.717, 1.165) is 5.56 Å². The monoisotopic (exact) mass is 437 g/mol. The lowest BCUT2D eigenvalue weighted by molar-refractivity contribution is 0.102. The van der Waals surface area contributed by atoms with Gasteiger partial charge in [-0.25, -0.2) is 8.42 Å². The fourth-order valence-corrected chi connectivity index (χ4v) is 5.00. The molecule has 0 aliphatic carbocycles. The van der Waals surface area contributed by atoms with Crippen LogP contribution in [0.3, 0.4) is 0 Å². The SMILES string of the molecule is N#Cc1cccc(NC(=O)c2ccc3c(c2)CCN3S(=O)(=O)c2ccc(Cl)cc2)c1. The minimum atomic E-state index is -3.71. The van der Waals surface area contributed by atoms with E-state index in [9.17, 15) is 13.2 Å². The summed E-state index contributed by atoms with van der Waals surface area (Å²) in [6.45, 7) is 0.301. The second-order valence-electron chi connectivity index (χ2n) is 6.77. The van der Waals surface area contributed by atoms with Gasteiger partial charge in [-0.2, -0.15) is 5.26 Å². The van der Waals surface area contributed by atoms with Crippen molar-refractivity contribution in [3.05, 3.63) is 88.4 Å². The van der Waals surface area contributed by atoms with Gasteiger partial charge in [-0.3, -0.25) is 9.10 Å². The zero-order chi connectivity index (χ0) is 21.3. The van der Waals surface area contributed by atoms with Gasteiger partial charge in [0.05, 0.1) is 22.2 Å². The molecule has 150 valence electrons. The Kier molecular flexibility index (Phi) is 5.20. The van der Waals surface area contributed by atoms with E-state index in [1.807, 2.05) is 6.07 Å². The number of nitrogens with zero attached hydrogens (tertiary/aromatic N) is 2. The van der Waals surface area contributed by atoms with E-state index in [0.29, 0.717) is 40.5 Å². The zero-order valence-corrected chi connectivity index (χ0v) is 17.2. The number of fused-ring (bicyclic) bond motifs is 1. The van der Waals surface area contributed by atoms with E-state index in [-0.39, 0.29) is 10.8 Å². The van der Waals surface area contributed by atoms with Crippen molar-refractivity contribution >= 4 is 38.9 Å². The minimum Gasteiger partial charge on any atom is -0.322 e. The molecule has 0 radical (unpaired) electrons. The number of amides is 1. The second kappa shape index (κ2) is 7.82. The summed E-state index contributed by atoms with van der Waals surface area (Å²) in [7, 11) is -3.71. The number of nitrogens with one attached hydrogen (secondary N) is 1. The lowest BCUT2D eigenvalue weighted by Gasteiger charge is -2.19. The number of benzene rings is 3. The van der Waals surface area contributed by atoms with E-state index in [1.165, 1.54) is 16.4 Å². The normalized spacial score (nSPS) is 12.9. The van der Waals surface area contributed by atoms with Gasteiger partial charge in [0.15, 0.2) is 0 Å². The molecule has 3 aromatic carbocycles. The fraction of sp³-hybridized carbons (Fsp3) is 0.0909. The first-order valence-corrected chi connectivity index (χ1v) is 10.9. The van der Waals surface area contributed by atoms with Crippen molar-refractivity contribution < 1.29 is 13.2 Å². The molecule has 0 fully saturated rings. The van der Waals surface area contributed by atoms with Crippen LogP contribution in [0.4, 0.5) is 11.4 Å². The Labute approximate surface area is 179 Å². The van der Waals surface area contributed by atoms with Crippen molar-refractivity contribution in [1.82, 2.24) is 0 Å². The summed E-state index contributed by atoms with van der Waals surface area (Å²) >= 11 is 5.86. The highest BCUT2D eigenvalue weighted by Gasteiger charge is 2.31. The van der Waals surface area contributed by atoms with E-state index < -0.39 is 10.0 Å².